The van der Waals surface area contributed by atoms with E-state index in [-0.39, 0.29) is 30.9 Å². The van der Waals surface area contributed by atoms with Crippen molar-refractivity contribution < 1.29 is 23.9 Å². The van der Waals surface area contributed by atoms with Crippen LogP contribution >= 0.6 is 22.7 Å². The Morgan fingerprint density at radius 1 is 1.16 bits per heavy atom. The number of hydrogen-bond donors (Lipinski definition) is 2. The average Bonchev–Trinajstić information content (AvgIpc) is 3.40. The van der Waals surface area contributed by atoms with E-state index in [0.29, 0.717) is 32.7 Å². The van der Waals surface area contributed by atoms with Crippen LogP contribution in [0.3, 0.4) is 0 Å². The standard InChI is InChI=1S/C26H32N4O5S2/c1-5-34-21(32)14-27-12-10-20(31)29-24-22(23-28-17-8-6-7-9-18(17)36-23)16-11-13-30(15-19(16)37-24)25(33)35-26(2,3)4/h6-9,27H,5,10-15H2,1-4H3,(H,29,31). The van der Waals surface area contributed by atoms with E-state index in [9.17, 15) is 14.4 Å². The molecule has 2 aromatic heterocycles. The maximum atomic E-state index is 12.8. The molecule has 4 rings (SSSR count). The van der Waals surface area contributed by atoms with E-state index < -0.39 is 5.60 Å². The summed E-state index contributed by atoms with van der Waals surface area (Å²) in [7, 11) is 0. The largest absolute Gasteiger partial charge is 0.465 e. The molecule has 3 aromatic rings. The number of carbonyl (C=O) groups excluding carboxylic acids is 3. The van der Waals surface area contributed by atoms with Gasteiger partial charge in [0.2, 0.25) is 5.91 Å². The van der Waals surface area contributed by atoms with Gasteiger partial charge < -0.3 is 25.0 Å². The van der Waals surface area contributed by atoms with Crippen molar-refractivity contribution in [2.45, 2.75) is 52.7 Å². The minimum atomic E-state index is -0.570. The van der Waals surface area contributed by atoms with Crippen LogP contribution in [0.15, 0.2) is 24.3 Å². The molecule has 9 nitrogen and oxygen atoms in total. The molecule has 11 heteroatoms. The highest BCUT2D eigenvalue weighted by Crippen LogP contribution is 2.45. The molecular weight excluding hydrogens is 512 g/mol. The van der Waals surface area contributed by atoms with Crippen LogP contribution in [0, 0.1) is 0 Å². The molecule has 1 aromatic carbocycles. The quantitative estimate of drug-likeness (QED) is 0.310. The monoisotopic (exact) mass is 544 g/mol. The highest BCUT2D eigenvalue weighted by molar-refractivity contribution is 7.22. The number of anilines is 1. The lowest BCUT2D eigenvalue weighted by atomic mass is 10.0. The lowest BCUT2D eigenvalue weighted by molar-refractivity contribution is -0.142. The molecule has 198 valence electrons. The number of thiophene rings is 1. The van der Waals surface area contributed by atoms with Gasteiger partial charge in [0, 0.05) is 30.0 Å². The van der Waals surface area contributed by atoms with Crippen molar-refractivity contribution in [1.82, 2.24) is 15.2 Å². The molecule has 1 aliphatic rings. The number of esters is 1. The fraction of sp³-hybridized carbons (Fsp3) is 0.462. The minimum absolute atomic E-state index is 0.0614. The van der Waals surface area contributed by atoms with Crippen LogP contribution in [0.25, 0.3) is 20.8 Å². The summed E-state index contributed by atoms with van der Waals surface area (Å²) < 4.78 is 11.5. The van der Waals surface area contributed by atoms with E-state index >= 15 is 0 Å². The smallest absolute Gasteiger partial charge is 0.410 e. The molecule has 0 saturated carbocycles. The van der Waals surface area contributed by atoms with Crippen molar-refractivity contribution in [3.8, 4) is 10.6 Å². The van der Waals surface area contributed by atoms with E-state index in [2.05, 4.69) is 10.6 Å². The molecule has 0 aliphatic carbocycles. The normalized spacial score (nSPS) is 13.4. The number of rotatable bonds is 8. The van der Waals surface area contributed by atoms with Crippen LogP contribution in [0.4, 0.5) is 9.80 Å². The van der Waals surface area contributed by atoms with Gasteiger partial charge in [-0.1, -0.05) is 12.1 Å². The van der Waals surface area contributed by atoms with Crippen molar-refractivity contribution >= 4 is 55.9 Å². The molecule has 37 heavy (non-hydrogen) atoms. The summed E-state index contributed by atoms with van der Waals surface area (Å²) >= 11 is 3.06. The summed E-state index contributed by atoms with van der Waals surface area (Å²) in [5.41, 5.74) is 2.38. The number of aromatic nitrogens is 1. The first-order chi connectivity index (χ1) is 17.6. The van der Waals surface area contributed by atoms with Crippen LogP contribution in [0.1, 0.15) is 44.6 Å². The van der Waals surface area contributed by atoms with E-state index in [4.69, 9.17) is 14.5 Å². The van der Waals surface area contributed by atoms with E-state index in [1.807, 2.05) is 45.0 Å². The lowest BCUT2D eigenvalue weighted by Gasteiger charge is -2.30. The number of ether oxygens (including phenoxy) is 2. The number of hydrogen-bond acceptors (Lipinski definition) is 9. The summed E-state index contributed by atoms with van der Waals surface area (Å²) in [4.78, 5) is 44.6. The zero-order valence-electron chi connectivity index (χ0n) is 21.5. The van der Waals surface area contributed by atoms with Gasteiger partial charge in [-0.25, -0.2) is 9.78 Å². The maximum absolute atomic E-state index is 12.8. The SMILES string of the molecule is CCOC(=O)CNCCC(=O)Nc1sc2c(c1-c1nc3ccccc3s1)CCN(C(=O)OC(C)(C)C)C2. The van der Waals surface area contributed by atoms with Gasteiger partial charge in [-0.3, -0.25) is 9.59 Å². The Morgan fingerprint density at radius 2 is 1.95 bits per heavy atom. The molecule has 0 saturated heterocycles. The first-order valence-electron chi connectivity index (χ1n) is 12.3. The van der Waals surface area contributed by atoms with Crippen molar-refractivity contribution in [2.75, 3.05) is 31.6 Å². The van der Waals surface area contributed by atoms with E-state index in [0.717, 1.165) is 36.2 Å². The van der Waals surface area contributed by atoms with Crippen molar-refractivity contribution in [1.29, 1.82) is 0 Å². The Labute approximate surface area is 224 Å². The van der Waals surface area contributed by atoms with Crippen LogP contribution in [-0.4, -0.2) is 59.7 Å². The molecule has 2 N–H and O–H groups in total. The fourth-order valence-electron chi connectivity index (χ4n) is 3.97. The first kappa shape index (κ1) is 27.0. The van der Waals surface area contributed by atoms with Crippen molar-refractivity contribution in [3.05, 3.63) is 34.7 Å². The van der Waals surface area contributed by atoms with Crippen molar-refractivity contribution in [2.24, 2.45) is 0 Å². The third-order valence-electron chi connectivity index (χ3n) is 5.57. The predicted molar refractivity (Wildman–Crippen MR) is 146 cm³/mol. The zero-order valence-corrected chi connectivity index (χ0v) is 23.1. The summed E-state index contributed by atoms with van der Waals surface area (Å²) in [6, 6.07) is 7.95. The highest BCUT2D eigenvalue weighted by atomic mass is 32.1. The molecule has 0 bridgehead atoms. The second kappa shape index (κ2) is 11.6. The van der Waals surface area contributed by atoms with Crippen LogP contribution < -0.4 is 10.6 Å². The highest BCUT2D eigenvalue weighted by Gasteiger charge is 2.31. The molecular formula is C26H32N4O5S2. The predicted octanol–water partition coefficient (Wildman–Crippen LogP) is 4.80. The molecule has 0 spiro atoms. The van der Waals surface area contributed by atoms with Gasteiger partial charge in [-0.05, 0) is 51.8 Å². The molecule has 2 amide bonds. The molecule has 0 unspecified atom stereocenters. The van der Waals surface area contributed by atoms with Crippen LogP contribution in [-0.2, 0) is 32.0 Å². The topological polar surface area (TPSA) is 110 Å². The third kappa shape index (κ3) is 6.85. The first-order valence-corrected chi connectivity index (χ1v) is 13.9. The Bertz CT molecular complexity index is 1260. The molecule has 0 radical (unpaired) electrons. The fourth-order valence-corrected chi connectivity index (χ4v) is 6.36. The van der Waals surface area contributed by atoms with Gasteiger partial charge in [0.05, 0.1) is 29.9 Å². The second-order valence-corrected chi connectivity index (χ2v) is 11.8. The summed E-state index contributed by atoms with van der Waals surface area (Å²) in [5.74, 6) is -0.511. The Hall–Kier alpha value is -3.02. The molecule has 0 fully saturated rings. The Balaban J connectivity index is 1.55. The number of thiazole rings is 1. The molecule has 1 aliphatic heterocycles. The number of para-hydroxylation sites is 1. The van der Waals surface area contributed by atoms with E-state index in [1.165, 1.54) is 11.3 Å². The Morgan fingerprint density at radius 3 is 2.68 bits per heavy atom. The van der Waals surface area contributed by atoms with Gasteiger partial charge in [0.15, 0.2) is 0 Å². The number of nitrogens with zero attached hydrogens (tertiary/aromatic N) is 2. The van der Waals surface area contributed by atoms with E-state index in [1.54, 1.807) is 23.2 Å². The number of carbonyl (C=O) groups is 3. The minimum Gasteiger partial charge on any atom is -0.465 e. The summed E-state index contributed by atoms with van der Waals surface area (Å²) in [6.07, 6.45) is 0.504. The van der Waals surface area contributed by atoms with Gasteiger partial charge in [-0.2, -0.15) is 0 Å². The average molecular weight is 545 g/mol. The Kier molecular flexibility index (Phi) is 8.46. The second-order valence-electron chi connectivity index (χ2n) is 9.63. The molecule has 0 atom stereocenters. The van der Waals surface area contributed by atoms with Gasteiger partial charge in [0.1, 0.15) is 15.6 Å². The lowest BCUT2D eigenvalue weighted by Crippen LogP contribution is -2.39. The van der Waals surface area contributed by atoms with Crippen LogP contribution in [0.2, 0.25) is 0 Å². The van der Waals surface area contributed by atoms with Gasteiger partial charge in [-0.15, -0.1) is 22.7 Å². The van der Waals surface area contributed by atoms with Gasteiger partial charge in [0.25, 0.3) is 0 Å². The maximum Gasteiger partial charge on any atom is 0.410 e. The zero-order chi connectivity index (χ0) is 26.6. The van der Waals surface area contributed by atoms with Crippen LogP contribution in [0.5, 0.6) is 0 Å². The number of nitrogens with one attached hydrogen (secondary N) is 2. The number of benzene rings is 1. The number of fused-ring (bicyclic) bond motifs is 2. The van der Waals surface area contributed by atoms with Crippen molar-refractivity contribution in [3.63, 3.8) is 0 Å². The summed E-state index contributed by atoms with van der Waals surface area (Å²) in [5, 5.41) is 7.57. The van der Waals surface area contributed by atoms with Gasteiger partial charge >= 0.3 is 12.1 Å². The molecule has 3 heterocycles. The summed E-state index contributed by atoms with van der Waals surface area (Å²) in [6.45, 7) is 8.99. The number of amides is 2. The third-order valence-corrected chi connectivity index (χ3v) is 7.76.